The van der Waals surface area contributed by atoms with Crippen molar-refractivity contribution in [3.63, 3.8) is 0 Å². The van der Waals surface area contributed by atoms with Gasteiger partial charge in [0.05, 0.1) is 6.54 Å². The molecule has 0 aromatic heterocycles. The molecule has 0 unspecified atom stereocenters. The summed E-state index contributed by atoms with van der Waals surface area (Å²) in [5, 5.41) is 3.14. The van der Waals surface area contributed by atoms with Crippen molar-refractivity contribution in [2.45, 2.75) is 51.3 Å². The number of amides is 1. The van der Waals surface area contributed by atoms with E-state index in [0.717, 1.165) is 18.2 Å². The summed E-state index contributed by atoms with van der Waals surface area (Å²) in [6.07, 6.45) is 0.363. The second-order valence-electron chi connectivity index (χ2n) is 7.21. The molecule has 1 aliphatic rings. The highest BCUT2D eigenvalue weighted by Gasteiger charge is 2.33. The van der Waals surface area contributed by atoms with Gasteiger partial charge in [-0.3, -0.25) is 0 Å². The Morgan fingerprint density at radius 2 is 2.08 bits per heavy atom. The number of piperidine rings is 1. The van der Waals surface area contributed by atoms with Crippen molar-refractivity contribution >= 4 is 6.09 Å². The highest BCUT2D eigenvalue weighted by Crippen LogP contribution is 2.29. The fourth-order valence-electron chi connectivity index (χ4n) is 3.03. The molecule has 7 heteroatoms. The van der Waals surface area contributed by atoms with E-state index in [1.54, 1.807) is 20.8 Å². The van der Waals surface area contributed by atoms with E-state index in [1.165, 1.54) is 4.90 Å². The van der Waals surface area contributed by atoms with Gasteiger partial charge in [0.15, 0.2) is 0 Å². The predicted molar refractivity (Wildman–Crippen MR) is 89.0 cm³/mol. The first kappa shape index (κ1) is 19.6. The van der Waals surface area contributed by atoms with Crippen molar-refractivity contribution in [3.05, 3.63) is 35.4 Å². The summed E-state index contributed by atoms with van der Waals surface area (Å²) in [6, 6.07) is 2.55. The van der Waals surface area contributed by atoms with Crippen LogP contribution < -0.4 is 5.32 Å². The van der Waals surface area contributed by atoms with Crippen molar-refractivity contribution in [2.75, 3.05) is 19.8 Å². The number of nitrogens with zero attached hydrogens (tertiary/aromatic N) is 1. The number of benzene rings is 1. The lowest BCUT2D eigenvalue weighted by Gasteiger charge is -2.38. The number of alkyl halides is 1. The molecule has 140 valence electrons. The molecule has 4 nitrogen and oxygen atoms in total. The Labute approximate surface area is 146 Å². The first-order chi connectivity index (χ1) is 11.7. The lowest BCUT2D eigenvalue weighted by atomic mass is 9.92. The number of ether oxygens (including phenoxy) is 1. The van der Waals surface area contributed by atoms with Gasteiger partial charge in [0.2, 0.25) is 0 Å². The average molecular weight is 358 g/mol. The number of carbonyl (C=O) groups excluding carboxylic acids is 1. The Hall–Kier alpha value is -1.76. The van der Waals surface area contributed by atoms with E-state index in [4.69, 9.17) is 4.74 Å². The molecule has 1 heterocycles. The zero-order valence-electron chi connectivity index (χ0n) is 14.8. The number of carbonyl (C=O) groups is 1. The number of halogens is 3. The van der Waals surface area contributed by atoms with Crippen molar-refractivity contribution in [1.82, 2.24) is 10.2 Å². The fourth-order valence-corrected chi connectivity index (χ4v) is 3.03. The van der Waals surface area contributed by atoms with E-state index in [0.29, 0.717) is 19.4 Å². The van der Waals surface area contributed by atoms with Gasteiger partial charge < -0.3 is 15.0 Å². The molecule has 1 aromatic carbocycles. The van der Waals surface area contributed by atoms with E-state index >= 15 is 0 Å². The van der Waals surface area contributed by atoms with Crippen LogP contribution in [-0.4, -0.2) is 42.4 Å². The molecule has 1 amide bonds. The Morgan fingerprint density at radius 3 is 2.72 bits per heavy atom. The predicted octanol–water partition coefficient (Wildman–Crippen LogP) is 3.96. The molecule has 1 fully saturated rings. The number of hydrogen-bond acceptors (Lipinski definition) is 3. The van der Waals surface area contributed by atoms with E-state index in [2.05, 4.69) is 5.32 Å². The Balaban J connectivity index is 2.16. The molecular weight excluding hydrogens is 333 g/mol. The molecule has 1 aromatic rings. The third-order valence-corrected chi connectivity index (χ3v) is 4.10. The van der Waals surface area contributed by atoms with Crippen LogP contribution in [0, 0.1) is 11.6 Å². The lowest BCUT2D eigenvalue weighted by Crippen LogP contribution is -2.49. The van der Waals surface area contributed by atoms with Gasteiger partial charge in [-0.2, -0.15) is 0 Å². The van der Waals surface area contributed by atoms with Crippen LogP contribution >= 0.6 is 0 Å². The molecule has 0 saturated carbocycles. The van der Waals surface area contributed by atoms with Crippen molar-refractivity contribution < 1.29 is 22.7 Å². The summed E-state index contributed by atoms with van der Waals surface area (Å²) in [7, 11) is 0. The average Bonchev–Trinajstić information content (AvgIpc) is 2.53. The van der Waals surface area contributed by atoms with Crippen LogP contribution in [0.15, 0.2) is 18.2 Å². The Morgan fingerprint density at radius 1 is 1.36 bits per heavy atom. The summed E-state index contributed by atoms with van der Waals surface area (Å²) in [5.74, 6) is -1.03. The maximum Gasteiger partial charge on any atom is 0.410 e. The normalized spacial score (nSPS) is 21.0. The molecule has 25 heavy (non-hydrogen) atoms. The fraction of sp³-hybridized carbons (Fsp3) is 0.611. The van der Waals surface area contributed by atoms with Gasteiger partial charge in [-0.1, -0.05) is 0 Å². The molecule has 1 N–H and O–H groups in total. The van der Waals surface area contributed by atoms with Gasteiger partial charge in [0.1, 0.15) is 23.9 Å². The zero-order chi connectivity index (χ0) is 18.6. The Kier molecular flexibility index (Phi) is 6.32. The standard InChI is InChI=1S/C18H25F3N2O2/c1-18(2,3)25-17(24)23(9-7-19)13-6-8-22-16(11-13)14-10-12(20)4-5-15(14)21/h4-5,10,13,16,22H,6-9,11H2,1-3H3/t13-,16+/m1/s1. The van der Waals surface area contributed by atoms with E-state index < -0.39 is 36.0 Å². The van der Waals surface area contributed by atoms with Crippen LogP contribution in [0.3, 0.4) is 0 Å². The second kappa shape index (κ2) is 8.08. The zero-order valence-corrected chi connectivity index (χ0v) is 14.8. The maximum absolute atomic E-state index is 14.0. The first-order valence-corrected chi connectivity index (χ1v) is 8.45. The molecule has 0 radical (unpaired) electrons. The summed E-state index contributed by atoms with van der Waals surface area (Å²) >= 11 is 0. The molecule has 1 aliphatic heterocycles. The van der Waals surface area contributed by atoms with E-state index in [-0.39, 0.29) is 18.2 Å². The summed E-state index contributed by atoms with van der Waals surface area (Å²) in [5.41, 5.74) is -0.471. The largest absolute Gasteiger partial charge is 0.444 e. The third-order valence-electron chi connectivity index (χ3n) is 4.10. The molecule has 0 bridgehead atoms. The van der Waals surface area contributed by atoms with Crippen LogP contribution in [0.4, 0.5) is 18.0 Å². The van der Waals surface area contributed by atoms with Gasteiger partial charge in [-0.25, -0.2) is 18.0 Å². The smallest absolute Gasteiger partial charge is 0.410 e. The van der Waals surface area contributed by atoms with Gasteiger partial charge in [0, 0.05) is 17.6 Å². The minimum absolute atomic E-state index is 0.0854. The van der Waals surface area contributed by atoms with Gasteiger partial charge in [-0.05, 0) is 58.4 Å². The first-order valence-electron chi connectivity index (χ1n) is 8.45. The van der Waals surface area contributed by atoms with Crippen LogP contribution in [-0.2, 0) is 4.74 Å². The van der Waals surface area contributed by atoms with Crippen LogP contribution in [0.2, 0.25) is 0 Å². The summed E-state index contributed by atoms with van der Waals surface area (Å²) in [4.78, 5) is 13.8. The van der Waals surface area contributed by atoms with Crippen LogP contribution in [0.25, 0.3) is 0 Å². The number of hydrogen-bond donors (Lipinski definition) is 1. The second-order valence-corrected chi connectivity index (χ2v) is 7.21. The molecule has 1 saturated heterocycles. The van der Waals surface area contributed by atoms with Crippen LogP contribution in [0.1, 0.15) is 45.2 Å². The van der Waals surface area contributed by atoms with Gasteiger partial charge >= 0.3 is 6.09 Å². The SMILES string of the molecule is CC(C)(C)OC(=O)N(CCF)[C@@H]1CCN[C@H](c2cc(F)ccc2F)C1. The number of rotatable bonds is 4. The minimum Gasteiger partial charge on any atom is -0.444 e. The van der Waals surface area contributed by atoms with E-state index in [9.17, 15) is 18.0 Å². The molecule has 0 spiro atoms. The molecular formula is C18H25F3N2O2. The highest BCUT2D eigenvalue weighted by atomic mass is 19.1. The van der Waals surface area contributed by atoms with Crippen LogP contribution in [0.5, 0.6) is 0 Å². The molecule has 2 rings (SSSR count). The molecule has 0 aliphatic carbocycles. The van der Waals surface area contributed by atoms with Crippen molar-refractivity contribution in [1.29, 1.82) is 0 Å². The van der Waals surface area contributed by atoms with Crippen molar-refractivity contribution in [2.24, 2.45) is 0 Å². The Bertz CT molecular complexity index is 604. The topological polar surface area (TPSA) is 41.6 Å². The quantitative estimate of drug-likeness (QED) is 0.886. The monoisotopic (exact) mass is 358 g/mol. The lowest BCUT2D eigenvalue weighted by molar-refractivity contribution is 0.00960. The van der Waals surface area contributed by atoms with Gasteiger partial charge in [-0.15, -0.1) is 0 Å². The maximum atomic E-state index is 14.0. The number of nitrogens with one attached hydrogen (secondary N) is 1. The summed E-state index contributed by atoms with van der Waals surface area (Å²) < 4.78 is 45.8. The van der Waals surface area contributed by atoms with E-state index in [1.807, 2.05) is 0 Å². The molecule has 2 atom stereocenters. The summed E-state index contributed by atoms with van der Waals surface area (Å²) in [6.45, 7) is 4.96. The highest BCUT2D eigenvalue weighted by molar-refractivity contribution is 5.68. The van der Waals surface area contributed by atoms with Gasteiger partial charge in [0.25, 0.3) is 0 Å². The van der Waals surface area contributed by atoms with Crippen molar-refractivity contribution in [3.8, 4) is 0 Å². The third kappa shape index (κ3) is 5.36. The minimum atomic E-state index is -0.692.